The van der Waals surface area contributed by atoms with E-state index in [1.807, 2.05) is 0 Å². The molecule has 0 aliphatic carbocycles. The lowest BCUT2D eigenvalue weighted by molar-refractivity contribution is -0.137. The van der Waals surface area contributed by atoms with Crippen molar-refractivity contribution in [2.24, 2.45) is 0 Å². The number of carbonyl (C=O) groups excluding carboxylic acids is 1. The molecule has 1 atom stereocenters. The molecule has 2 heterocycles. The van der Waals surface area contributed by atoms with Gasteiger partial charge < -0.3 is 14.8 Å². The molecule has 0 saturated carbocycles. The van der Waals surface area contributed by atoms with Crippen molar-refractivity contribution in [2.75, 3.05) is 18.5 Å². The molecule has 1 aromatic heterocycles. The average Bonchev–Trinajstić information content (AvgIpc) is 3.13. The van der Waals surface area contributed by atoms with Gasteiger partial charge >= 0.3 is 6.18 Å². The summed E-state index contributed by atoms with van der Waals surface area (Å²) in [5.74, 6) is -2.00. The molecule has 1 aliphatic rings. The summed E-state index contributed by atoms with van der Waals surface area (Å²) in [7, 11) is 0. The Balaban J connectivity index is 1.81. The van der Waals surface area contributed by atoms with Crippen LogP contribution in [0.5, 0.6) is 5.75 Å². The minimum Gasteiger partial charge on any atom is -0.491 e. The number of hydrogen-bond donors (Lipinski definition) is 1. The molecule has 1 amide bonds. The van der Waals surface area contributed by atoms with Crippen LogP contribution in [0.1, 0.15) is 28.8 Å². The lowest BCUT2D eigenvalue weighted by atomic mass is 10.1. The molecule has 1 aromatic carbocycles. The molecule has 0 bridgehead atoms. The fraction of sp³-hybridized carbons (Fsp3) is 0.333. The van der Waals surface area contributed by atoms with Gasteiger partial charge in [0.05, 0.1) is 17.2 Å². The quantitative estimate of drug-likeness (QED) is 0.624. The van der Waals surface area contributed by atoms with Gasteiger partial charge in [-0.1, -0.05) is 0 Å². The molecule has 5 nitrogen and oxygen atoms in total. The van der Waals surface area contributed by atoms with E-state index in [9.17, 15) is 22.4 Å². The van der Waals surface area contributed by atoms with Gasteiger partial charge in [0.1, 0.15) is 12.4 Å². The highest BCUT2D eigenvalue weighted by Gasteiger charge is 2.32. The lowest BCUT2D eigenvalue weighted by Gasteiger charge is -2.15. The predicted octanol–water partition coefficient (Wildman–Crippen LogP) is 4.05. The minimum atomic E-state index is -4.64. The maximum atomic E-state index is 13.6. The lowest BCUT2D eigenvalue weighted by Crippen LogP contribution is -2.18. The van der Waals surface area contributed by atoms with Crippen molar-refractivity contribution in [3.8, 4) is 5.75 Å². The summed E-state index contributed by atoms with van der Waals surface area (Å²) in [6.07, 6.45) is -2.02. The fourth-order valence-corrected chi connectivity index (χ4v) is 2.64. The molecular weight excluding hydrogens is 368 g/mol. The first-order chi connectivity index (χ1) is 12.8. The Bertz CT molecular complexity index is 820. The van der Waals surface area contributed by atoms with Crippen molar-refractivity contribution >= 4 is 11.6 Å². The van der Waals surface area contributed by atoms with Crippen molar-refractivity contribution in [1.29, 1.82) is 0 Å². The molecular formula is C18H16F4N2O3. The topological polar surface area (TPSA) is 60.5 Å². The van der Waals surface area contributed by atoms with Crippen LogP contribution in [0.25, 0.3) is 0 Å². The molecule has 144 valence electrons. The number of carbonyl (C=O) groups is 1. The van der Waals surface area contributed by atoms with Crippen LogP contribution in [0.15, 0.2) is 36.5 Å². The summed E-state index contributed by atoms with van der Waals surface area (Å²) in [6.45, 7) is 0.695. The monoisotopic (exact) mass is 384 g/mol. The highest BCUT2D eigenvalue weighted by molar-refractivity contribution is 6.04. The van der Waals surface area contributed by atoms with Crippen molar-refractivity contribution in [3.05, 3.63) is 53.6 Å². The van der Waals surface area contributed by atoms with Gasteiger partial charge in [-0.3, -0.25) is 4.79 Å². The van der Waals surface area contributed by atoms with Crippen molar-refractivity contribution in [2.45, 2.75) is 25.1 Å². The Morgan fingerprint density at radius 2 is 2.15 bits per heavy atom. The number of nitrogens with one attached hydrogen (secondary N) is 1. The average molecular weight is 384 g/mol. The third kappa shape index (κ3) is 4.94. The molecule has 0 unspecified atom stereocenters. The molecule has 2 aromatic rings. The van der Waals surface area contributed by atoms with E-state index in [2.05, 4.69) is 10.3 Å². The zero-order chi connectivity index (χ0) is 19.4. The van der Waals surface area contributed by atoms with E-state index < -0.39 is 23.6 Å². The maximum Gasteiger partial charge on any atom is 0.416 e. The van der Waals surface area contributed by atoms with E-state index >= 15 is 0 Å². The van der Waals surface area contributed by atoms with E-state index in [0.29, 0.717) is 6.61 Å². The van der Waals surface area contributed by atoms with Crippen molar-refractivity contribution in [3.63, 3.8) is 0 Å². The number of hydrogen-bond acceptors (Lipinski definition) is 4. The summed E-state index contributed by atoms with van der Waals surface area (Å²) in [5.41, 5.74) is -1.54. The Kier molecular flexibility index (Phi) is 5.59. The second-order valence-electron chi connectivity index (χ2n) is 5.99. The van der Waals surface area contributed by atoms with Crippen LogP contribution in [0, 0.1) is 5.95 Å². The third-order valence-corrected chi connectivity index (χ3v) is 3.96. The molecule has 1 fully saturated rings. The first kappa shape index (κ1) is 19.1. The Hall–Kier alpha value is -2.68. The number of ether oxygens (including phenoxy) is 2. The molecule has 9 heteroatoms. The van der Waals surface area contributed by atoms with Crippen molar-refractivity contribution < 1.29 is 31.8 Å². The molecule has 3 rings (SSSR count). The first-order valence-electron chi connectivity index (χ1n) is 8.21. The SMILES string of the molecule is O=C(Nc1cc(OC[C@H]2CCCO2)cc(C(F)(F)F)c1)c1cccnc1F. The van der Waals surface area contributed by atoms with Crippen LogP contribution in [0.4, 0.5) is 23.2 Å². The van der Waals surface area contributed by atoms with Crippen LogP contribution in [0.2, 0.25) is 0 Å². The van der Waals surface area contributed by atoms with Gasteiger partial charge in [-0.05, 0) is 37.1 Å². The van der Waals surface area contributed by atoms with E-state index in [1.54, 1.807) is 0 Å². The fourth-order valence-electron chi connectivity index (χ4n) is 2.64. The third-order valence-electron chi connectivity index (χ3n) is 3.96. The normalized spacial score (nSPS) is 17.0. The molecule has 0 spiro atoms. The molecule has 0 radical (unpaired) electrons. The summed E-state index contributed by atoms with van der Waals surface area (Å²) in [4.78, 5) is 15.5. The van der Waals surface area contributed by atoms with Gasteiger partial charge in [-0.25, -0.2) is 4.98 Å². The van der Waals surface area contributed by atoms with E-state index in [0.717, 1.165) is 31.2 Å². The number of anilines is 1. The summed E-state index contributed by atoms with van der Waals surface area (Å²) < 4.78 is 63.8. The second kappa shape index (κ2) is 7.91. The molecule has 1 aliphatic heterocycles. The second-order valence-corrected chi connectivity index (χ2v) is 5.99. The smallest absolute Gasteiger partial charge is 0.416 e. The number of pyridine rings is 1. The van der Waals surface area contributed by atoms with Crippen LogP contribution < -0.4 is 10.1 Å². The van der Waals surface area contributed by atoms with Gasteiger partial charge in [0.15, 0.2) is 0 Å². The van der Waals surface area contributed by atoms with Crippen LogP contribution >= 0.6 is 0 Å². The Morgan fingerprint density at radius 1 is 1.33 bits per heavy atom. The molecule has 27 heavy (non-hydrogen) atoms. The first-order valence-corrected chi connectivity index (χ1v) is 8.21. The van der Waals surface area contributed by atoms with Crippen molar-refractivity contribution in [1.82, 2.24) is 4.98 Å². The highest BCUT2D eigenvalue weighted by Crippen LogP contribution is 2.34. The highest BCUT2D eigenvalue weighted by atomic mass is 19.4. The number of aromatic nitrogens is 1. The van der Waals surface area contributed by atoms with Gasteiger partial charge in [0.25, 0.3) is 5.91 Å². The Labute approximate surface area is 152 Å². The summed E-state index contributed by atoms with van der Waals surface area (Å²) in [5, 5.41) is 2.25. The number of alkyl halides is 3. The van der Waals surface area contributed by atoms with Gasteiger partial charge in [0.2, 0.25) is 5.95 Å². The predicted molar refractivity (Wildman–Crippen MR) is 88.1 cm³/mol. The number of halogens is 4. The minimum absolute atomic E-state index is 0.0673. The van der Waals surface area contributed by atoms with Gasteiger partial charge in [-0.15, -0.1) is 0 Å². The van der Waals surface area contributed by atoms with Crippen LogP contribution in [-0.4, -0.2) is 30.2 Å². The zero-order valence-corrected chi connectivity index (χ0v) is 14.1. The Morgan fingerprint density at radius 3 is 2.81 bits per heavy atom. The molecule has 1 saturated heterocycles. The number of amides is 1. The molecule has 1 N–H and O–H groups in total. The maximum absolute atomic E-state index is 13.6. The van der Waals surface area contributed by atoms with Crippen LogP contribution in [0.3, 0.4) is 0 Å². The van der Waals surface area contributed by atoms with Gasteiger partial charge in [-0.2, -0.15) is 17.6 Å². The van der Waals surface area contributed by atoms with E-state index in [-0.39, 0.29) is 29.7 Å². The van der Waals surface area contributed by atoms with E-state index in [1.165, 1.54) is 18.2 Å². The standard InChI is InChI=1S/C18H16F4N2O3/c19-16-15(4-1-5-23-16)17(25)24-12-7-11(18(20,21)22)8-14(9-12)27-10-13-3-2-6-26-13/h1,4-5,7-9,13H,2-3,6,10H2,(H,24,25)/t13-/m1/s1. The summed E-state index contributed by atoms with van der Waals surface area (Å²) in [6, 6.07) is 5.37. The van der Waals surface area contributed by atoms with Gasteiger partial charge in [0, 0.05) is 24.6 Å². The zero-order valence-electron chi connectivity index (χ0n) is 14.1. The van der Waals surface area contributed by atoms with E-state index in [4.69, 9.17) is 9.47 Å². The summed E-state index contributed by atoms with van der Waals surface area (Å²) >= 11 is 0. The number of benzene rings is 1. The number of nitrogens with zero attached hydrogens (tertiary/aromatic N) is 1. The number of rotatable bonds is 5. The largest absolute Gasteiger partial charge is 0.491 e. The van der Waals surface area contributed by atoms with Crippen LogP contribution in [-0.2, 0) is 10.9 Å².